The highest BCUT2D eigenvalue weighted by Crippen LogP contribution is 2.38. The molecule has 26 heavy (non-hydrogen) atoms. The third-order valence-electron chi connectivity index (χ3n) is 5.14. The number of ether oxygens (including phenoxy) is 2. The lowest BCUT2D eigenvalue weighted by molar-refractivity contribution is -0.182. The molecule has 2 aliphatic rings. The van der Waals surface area contributed by atoms with Gasteiger partial charge in [0.15, 0.2) is 5.79 Å². The van der Waals surface area contributed by atoms with Crippen molar-refractivity contribution in [2.24, 2.45) is 5.92 Å². The first kappa shape index (κ1) is 17.2. The molecule has 1 aromatic carbocycles. The molecule has 1 amide bonds. The molecule has 1 saturated heterocycles. The summed E-state index contributed by atoms with van der Waals surface area (Å²) in [6.07, 6.45) is 3.81. The van der Waals surface area contributed by atoms with Crippen LogP contribution in [0.3, 0.4) is 0 Å². The van der Waals surface area contributed by atoms with Crippen LogP contribution in [0.2, 0.25) is 0 Å². The van der Waals surface area contributed by atoms with Gasteiger partial charge in [-0.2, -0.15) is 4.98 Å². The summed E-state index contributed by atoms with van der Waals surface area (Å²) in [6, 6.07) is 7.27. The van der Waals surface area contributed by atoms with E-state index >= 15 is 0 Å². The van der Waals surface area contributed by atoms with E-state index in [1.807, 2.05) is 12.1 Å². The van der Waals surface area contributed by atoms with Crippen LogP contribution in [-0.4, -0.2) is 41.6 Å². The van der Waals surface area contributed by atoms with Gasteiger partial charge in [0.1, 0.15) is 0 Å². The fourth-order valence-corrected chi connectivity index (χ4v) is 3.66. The lowest BCUT2D eigenvalue weighted by atomic mass is 9.85. The predicted octanol–water partition coefficient (Wildman–Crippen LogP) is 2.71. The van der Waals surface area contributed by atoms with E-state index in [0.717, 1.165) is 31.2 Å². The predicted molar refractivity (Wildman–Crippen MR) is 93.4 cm³/mol. The molecule has 1 N–H and O–H groups in total. The van der Waals surface area contributed by atoms with Crippen molar-refractivity contribution >= 4 is 5.91 Å². The number of rotatable bonds is 4. The minimum atomic E-state index is -0.350. The van der Waals surface area contributed by atoms with Gasteiger partial charge in [-0.3, -0.25) is 4.79 Å². The van der Waals surface area contributed by atoms with Crippen molar-refractivity contribution in [3.05, 3.63) is 35.7 Å². The molecule has 2 aromatic rings. The number of aromatic nitrogens is 2. The van der Waals surface area contributed by atoms with Crippen molar-refractivity contribution in [3.63, 3.8) is 0 Å². The monoisotopic (exact) mass is 357 g/mol. The minimum absolute atomic E-state index is 0.0827. The molecule has 7 nitrogen and oxygen atoms in total. The summed E-state index contributed by atoms with van der Waals surface area (Å²) in [5, 5.41) is 6.95. The summed E-state index contributed by atoms with van der Waals surface area (Å²) in [7, 11) is 0. The zero-order valence-corrected chi connectivity index (χ0v) is 14.9. The Hall–Kier alpha value is -2.25. The molecule has 1 aromatic heterocycles. The van der Waals surface area contributed by atoms with Gasteiger partial charge in [0.05, 0.1) is 13.2 Å². The zero-order valence-electron chi connectivity index (χ0n) is 14.9. The molecule has 1 saturated carbocycles. The van der Waals surface area contributed by atoms with Crippen LogP contribution in [0, 0.1) is 12.8 Å². The number of carbonyl (C=O) groups is 1. The van der Waals surface area contributed by atoms with Gasteiger partial charge >= 0.3 is 0 Å². The van der Waals surface area contributed by atoms with Crippen molar-refractivity contribution in [1.29, 1.82) is 0 Å². The van der Waals surface area contributed by atoms with E-state index in [1.54, 1.807) is 19.1 Å². The van der Waals surface area contributed by atoms with Gasteiger partial charge in [0.2, 0.25) is 11.7 Å². The minimum Gasteiger partial charge on any atom is -0.352 e. The first-order chi connectivity index (χ1) is 12.6. The molecule has 2 fully saturated rings. The Balaban J connectivity index is 1.32. The number of nitrogens with zero attached hydrogens (tertiary/aromatic N) is 2. The average Bonchev–Trinajstić information content (AvgIpc) is 3.31. The van der Waals surface area contributed by atoms with Gasteiger partial charge in [-0.05, 0) is 30.9 Å². The highest BCUT2D eigenvalue weighted by Gasteiger charge is 2.40. The Kier molecular flexibility index (Phi) is 4.74. The SMILES string of the molecule is Cc1nc(-c2cccc(C(=O)NCC3CCC4(CC3)OCCO4)c2)no1. The number of hydrogen-bond donors (Lipinski definition) is 1. The smallest absolute Gasteiger partial charge is 0.251 e. The second-order valence-corrected chi connectivity index (χ2v) is 6.98. The molecular formula is C19H23N3O4. The Morgan fingerprint density at radius 1 is 1.27 bits per heavy atom. The van der Waals surface area contributed by atoms with E-state index in [4.69, 9.17) is 14.0 Å². The topological polar surface area (TPSA) is 86.5 Å². The number of amides is 1. The standard InChI is InChI=1S/C19H23N3O4/c1-13-21-17(22-26-13)15-3-2-4-16(11-15)18(23)20-12-14-5-7-19(8-6-14)24-9-10-25-19/h2-4,11,14H,5-10,12H2,1H3,(H,20,23). The average molecular weight is 357 g/mol. The molecule has 1 spiro atoms. The number of nitrogens with one attached hydrogen (secondary N) is 1. The van der Waals surface area contributed by atoms with Gasteiger partial charge < -0.3 is 19.3 Å². The van der Waals surface area contributed by atoms with Crippen LogP contribution in [0.25, 0.3) is 11.4 Å². The van der Waals surface area contributed by atoms with Gasteiger partial charge in [0.25, 0.3) is 5.91 Å². The summed E-state index contributed by atoms with van der Waals surface area (Å²) in [5.74, 6) is 1.02. The first-order valence-corrected chi connectivity index (χ1v) is 9.10. The number of benzene rings is 1. The summed E-state index contributed by atoms with van der Waals surface area (Å²) in [5.41, 5.74) is 1.37. The van der Waals surface area contributed by atoms with Gasteiger partial charge in [0, 0.05) is 37.4 Å². The lowest BCUT2D eigenvalue weighted by Crippen LogP contribution is -2.38. The molecule has 0 bridgehead atoms. The van der Waals surface area contributed by atoms with Crippen LogP contribution < -0.4 is 5.32 Å². The fraction of sp³-hybridized carbons (Fsp3) is 0.526. The quantitative estimate of drug-likeness (QED) is 0.905. The highest BCUT2D eigenvalue weighted by atomic mass is 16.7. The Morgan fingerprint density at radius 2 is 2.04 bits per heavy atom. The van der Waals surface area contributed by atoms with E-state index in [9.17, 15) is 4.79 Å². The molecule has 138 valence electrons. The van der Waals surface area contributed by atoms with E-state index in [-0.39, 0.29) is 11.7 Å². The van der Waals surface area contributed by atoms with Gasteiger partial charge in [-0.25, -0.2) is 0 Å². The Morgan fingerprint density at radius 3 is 2.73 bits per heavy atom. The van der Waals surface area contributed by atoms with E-state index in [1.165, 1.54) is 0 Å². The number of aryl methyl sites for hydroxylation is 1. The molecule has 0 atom stereocenters. The van der Waals surface area contributed by atoms with Crippen LogP contribution in [-0.2, 0) is 9.47 Å². The molecule has 1 aliphatic carbocycles. The maximum atomic E-state index is 12.5. The molecule has 0 unspecified atom stereocenters. The maximum Gasteiger partial charge on any atom is 0.251 e. The van der Waals surface area contributed by atoms with Crippen LogP contribution in [0.5, 0.6) is 0 Å². The Labute approximate surface area is 152 Å². The van der Waals surface area contributed by atoms with Crippen molar-refractivity contribution in [2.75, 3.05) is 19.8 Å². The fourth-order valence-electron chi connectivity index (χ4n) is 3.66. The zero-order chi connectivity index (χ0) is 18.0. The number of hydrogen-bond acceptors (Lipinski definition) is 6. The summed E-state index contributed by atoms with van der Waals surface area (Å²) >= 11 is 0. The molecule has 1 aliphatic heterocycles. The molecule has 7 heteroatoms. The third kappa shape index (κ3) is 3.64. The lowest BCUT2D eigenvalue weighted by Gasteiger charge is -2.35. The molecule has 4 rings (SSSR count). The molecule has 2 heterocycles. The maximum absolute atomic E-state index is 12.5. The number of carbonyl (C=O) groups excluding carboxylic acids is 1. The molecule has 0 radical (unpaired) electrons. The van der Waals surface area contributed by atoms with E-state index in [2.05, 4.69) is 15.5 Å². The van der Waals surface area contributed by atoms with Gasteiger partial charge in [-0.1, -0.05) is 17.3 Å². The third-order valence-corrected chi connectivity index (χ3v) is 5.14. The molecular weight excluding hydrogens is 334 g/mol. The van der Waals surface area contributed by atoms with Crippen molar-refractivity contribution < 1.29 is 18.8 Å². The van der Waals surface area contributed by atoms with Crippen molar-refractivity contribution in [3.8, 4) is 11.4 Å². The van der Waals surface area contributed by atoms with Gasteiger partial charge in [-0.15, -0.1) is 0 Å². The van der Waals surface area contributed by atoms with Crippen LogP contribution in [0.4, 0.5) is 0 Å². The van der Waals surface area contributed by atoms with Crippen molar-refractivity contribution in [2.45, 2.75) is 38.4 Å². The summed E-state index contributed by atoms with van der Waals surface area (Å²) < 4.78 is 16.5. The van der Waals surface area contributed by atoms with E-state index < -0.39 is 0 Å². The summed E-state index contributed by atoms with van der Waals surface area (Å²) in [6.45, 7) is 3.79. The van der Waals surface area contributed by atoms with Crippen LogP contribution >= 0.6 is 0 Å². The normalized spacial score (nSPS) is 19.7. The largest absolute Gasteiger partial charge is 0.352 e. The first-order valence-electron chi connectivity index (χ1n) is 9.10. The second kappa shape index (κ2) is 7.17. The summed E-state index contributed by atoms with van der Waals surface area (Å²) in [4.78, 5) is 16.7. The van der Waals surface area contributed by atoms with E-state index in [0.29, 0.717) is 43.0 Å². The van der Waals surface area contributed by atoms with Crippen molar-refractivity contribution in [1.82, 2.24) is 15.5 Å². The Bertz CT molecular complexity index is 773. The van der Waals surface area contributed by atoms with Crippen LogP contribution in [0.1, 0.15) is 41.9 Å². The highest BCUT2D eigenvalue weighted by molar-refractivity contribution is 5.95. The second-order valence-electron chi connectivity index (χ2n) is 6.98. The van der Waals surface area contributed by atoms with Crippen LogP contribution in [0.15, 0.2) is 28.8 Å².